The van der Waals surface area contributed by atoms with Crippen molar-refractivity contribution in [3.8, 4) is 0 Å². The number of aromatic nitrogens is 1. The highest BCUT2D eigenvalue weighted by atomic mass is 32.1. The molecule has 8 heteroatoms. The first kappa shape index (κ1) is 27.3. The SMILES string of the molecule is Cc1ccc(C(=O)N(CC(=O)Nc2nc(CC(=O)NC(Cc3ccccc3)c3ccccc3)cs2)C2CC2)cc1. The van der Waals surface area contributed by atoms with E-state index < -0.39 is 0 Å². The molecule has 3 aromatic carbocycles. The molecule has 1 saturated carbocycles. The Bertz CT molecular complexity index is 1450. The van der Waals surface area contributed by atoms with Crippen LogP contribution in [-0.2, 0) is 22.4 Å². The Morgan fingerprint density at radius 3 is 2.27 bits per heavy atom. The van der Waals surface area contributed by atoms with Crippen LogP contribution in [0.4, 0.5) is 5.13 Å². The van der Waals surface area contributed by atoms with Crippen LogP contribution in [0.25, 0.3) is 0 Å². The maximum Gasteiger partial charge on any atom is 0.254 e. The molecule has 3 amide bonds. The molecule has 0 radical (unpaired) electrons. The number of nitrogens with one attached hydrogen (secondary N) is 2. The van der Waals surface area contributed by atoms with Crippen molar-refractivity contribution in [3.05, 3.63) is 118 Å². The molecule has 7 nitrogen and oxygen atoms in total. The molecule has 4 aromatic rings. The molecule has 1 aliphatic carbocycles. The third-order valence-electron chi connectivity index (χ3n) is 6.82. The summed E-state index contributed by atoms with van der Waals surface area (Å²) in [6.07, 6.45) is 2.57. The summed E-state index contributed by atoms with van der Waals surface area (Å²) < 4.78 is 0. The predicted molar refractivity (Wildman–Crippen MR) is 157 cm³/mol. The highest BCUT2D eigenvalue weighted by Crippen LogP contribution is 2.28. The molecule has 1 aromatic heterocycles. The molecule has 1 atom stereocenters. The van der Waals surface area contributed by atoms with Crippen molar-refractivity contribution in [1.82, 2.24) is 15.2 Å². The van der Waals surface area contributed by atoms with Crippen LogP contribution in [0.5, 0.6) is 0 Å². The molecule has 1 heterocycles. The molecule has 1 aliphatic rings. The van der Waals surface area contributed by atoms with Gasteiger partial charge in [-0.3, -0.25) is 14.4 Å². The van der Waals surface area contributed by atoms with E-state index in [0.29, 0.717) is 22.8 Å². The van der Waals surface area contributed by atoms with Crippen LogP contribution >= 0.6 is 11.3 Å². The first-order valence-corrected chi connectivity index (χ1v) is 14.3. The van der Waals surface area contributed by atoms with Gasteiger partial charge in [0.1, 0.15) is 6.54 Å². The number of carbonyl (C=O) groups is 3. The zero-order valence-electron chi connectivity index (χ0n) is 22.4. The standard InChI is InChI=1S/C32H32N4O3S/c1-22-12-14-25(15-13-22)31(39)36(27-16-17-27)20-30(38)35-32-33-26(21-40-32)19-29(37)34-28(24-10-6-3-7-11-24)18-23-8-4-2-5-9-23/h2-15,21,27-28H,16-20H2,1H3,(H,34,37)(H,33,35,38). The number of nitrogens with zero attached hydrogens (tertiary/aromatic N) is 2. The fourth-order valence-electron chi connectivity index (χ4n) is 4.57. The summed E-state index contributed by atoms with van der Waals surface area (Å²) in [5.41, 5.74) is 4.41. The van der Waals surface area contributed by atoms with Gasteiger partial charge in [-0.2, -0.15) is 0 Å². The van der Waals surface area contributed by atoms with Crippen molar-refractivity contribution < 1.29 is 14.4 Å². The van der Waals surface area contributed by atoms with Crippen LogP contribution < -0.4 is 10.6 Å². The van der Waals surface area contributed by atoms with Gasteiger partial charge in [0.25, 0.3) is 5.91 Å². The molecular formula is C32H32N4O3S. The van der Waals surface area contributed by atoms with Gasteiger partial charge in [-0.15, -0.1) is 11.3 Å². The summed E-state index contributed by atoms with van der Waals surface area (Å²) in [4.78, 5) is 45.0. The lowest BCUT2D eigenvalue weighted by atomic mass is 9.98. The summed E-state index contributed by atoms with van der Waals surface area (Å²) in [6.45, 7) is 1.93. The molecule has 5 rings (SSSR count). The second-order valence-electron chi connectivity index (χ2n) is 10.1. The summed E-state index contributed by atoms with van der Waals surface area (Å²) >= 11 is 1.27. The fraction of sp³-hybridized carbons (Fsp3) is 0.250. The van der Waals surface area contributed by atoms with Crippen molar-refractivity contribution in [2.75, 3.05) is 11.9 Å². The van der Waals surface area contributed by atoms with Gasteiger partial charge >= 0.3 is 0 Å². The molecule has 1 fully saturated rings. The van der Waals surface area contributed by atoms with Gasteiger partial charge in [-0.25, -0.2) is 4.98 Å². The van der Waals surface area contributed by atoms with Crippen LogP contribution in [0.1, 0.15) is 51.6 Å². The van der Waals surface area contributed by atoms with Crippen LogP contribution in [0.15, 0.2) is 90.3 Å². The number of anilines is 1. The Balaban J connectivity index is 1.17. The molecule has 0 aliphatic heterocycles. The van der Waals surface area contributed by atoms with E-state index in [-0.39, 0.29) is 42.8 Å². The van der Waals surface area contributed by atoms with Gasteiger partial charge in [0, 0.05) is 17.0 Å². The topological polar surface area (TPSA) is 91.4 Å². The number of carbonyl (C=O) groups excluding carboxylic acids is 3. The van der Waals surface area contributed by atoms with E-state index in [1.54, 1.807) is 22.4 Å². The predicted octanol–water partition coefficient (Wildman–Crippen LogP) is 5.34. The third kappa shape index (κ3) is 7.42. The molecule has 2 N–H and O–H groups in total. The Morgan fingerprint density at radius 2 is 1.60 bits per heavy atom. The third-order valence-corrected chi connectivity index (χ3v) is 7.63. The highest BCUT2D eigenvalue weighted by molar-refractivity contribution is 7.13. The summed E-state index contributed by atoms with van der Waals surface area (Å²) in [5.74, 6) is -0.584. The van der Waals surface area contributed by atoms with Crippen LogP contribution in [-0.4, -0.2) is 40.2 Å². The second-order valence-corrected chi connectivity index (χ2v) is 11.0. The van der Waals surface area contributed by atoms with Crippen LogP contribution in [0.2, 0.25) is 0 Å². The zero-order chi connectivity index (χ0) is 27.9. The lowest BCUT2D eigenvalue weighted by molar-refractivity contribution is -0.121. The second kappa shape index (κ2) is 12.7. The molecule has 40 heavy (non-hydrogen) atoms. The minimum Gasteiger partial charge on any atom is -0.349 e. The number of thiazole rings is 1. The number of benzene rings is 3. The van der Waals surface area contributed by atoms with Gasteiger partial charge in [-0.05, 0) is 49.4 Å². The Morgan fingerprint density at radius 1 is 0.925 bits per heavy atom. The van der Waals surface area contributed by atoms with E-state index in [9.17, 15) is 14.4 Å². The number of hydrogen-bond acceptors (Lipinski definition) is 5. The molecule has 0 bridgehead atoms. The fourth-order valence-corrected chi connectivity index (χ4v) is 5.30. The molecule has 0 spiro atoms. The summed E-state index contributed by atoms with van der Waals surface area (Å²) in [5, 5.41) is 8.15. The lowest BCUT2D eigenvalue weighted by Gasteiger charge is -2.21. The van der Waals surface area contributed by atoms with E-state index >= 15 is 0 Å². The summed E-state index contributed by atoms with van der Waals surface area (Å²) in [6, 6.07) is 27.3. The molecule has 0 saturated heterocycles. The van der Waals surface area contributed by atoms with Gasteiger partial charge < -0.3 is 15.5 Å². The number of amides is 3. The van der Waals surface area contributed by atoms with Crippen molar-refractivity contribution in [3.63, 3.8) is 0 Å². The monoisotopic (exact) mass is 552 g/mol. The minimum atomic E-state index is -0.301. The van der Waals surface area contributed by atoms with E-state index in [4.69, 9.17) is 0 Å². The number of rotatable bonds is 11. The maximum atomic E-state index is 13.0. The Labute approximate surface area is 238 Å². The average Bonchev–Trinajstić information content (AvgIpc) is 3.72. The van der Waals surface area contributed by atoms with E-state index in [1.165, 1.54) is 11.3 Å². The van der Waals surface area contributed by atoms with Crippen molar-refractivity contribution in [2.24, 2.45) is 0 Å². The summed E-state index contributed by atoms with van der Waals surface area (Å²) in [7, 11) is 0. The highest BCUT2D eigenvalue weighted by Gasteiger charge is 2.34. The lowest BCUT2D eigenvalue weighted by Crippen LogP contribution is -2.39. The first-order valence-electron chi connectivity index (χ1n) is 13.4. The van der Waals surface area contributed by atoms with Crippen molar-refractivity contribution >= 4 is 34.2 Å². The maximum absolute atomic E-state index is 13.0. The zero-order valence-corrected chi connectivity index (χ0v) is 23.2. The van der Waals surface area contributed by atoms with Crippen molar-refractivity contribution in [2.45, 2.75) is 44.7 Å². The van der Waals surface area contributed by atoms with E-state index in [2.05, 4.69) is 27.8 Å². The number of aryl methyl sites for hydroxylation is 1. The smallest absolute Gasteiger partial charge is 0.254 e. The van der Waals surface area contributed by atoms with Crippen LogP contribution in [0.3, 0.4) is 0 Å². The normalized spacial score (nSPS) is 13.3. The molecular weight excluding hydrogens is 520 g/mol. The first-order chi connectivity index (χ1) is 19.4. The molecule has 204 valence electrons. The Kier molecular flexibility index (Phi) is 8.66. The average molecular weight is 553 g/mol. The Hall–Kier alpha value is -4.30. The van der Waals surface area contributed by atoms with Gasteiger partial charge in [0.05, 0.1) is 18.2 Å². The van der Waals surface area contributed by atoms with Gasteiger partial charge in [0.15, 0.2) is 5.13 Å². The largest absolute Gasteiger partial charge is 0.349 e. The number of hydrogen-bond donors (Lipinski definition) is 2. The quantitative estimate of drug-likeness (QED) is 0.263. The molecule has 1 unspecified atom stereocenters. The minimum absolute atomic E-state index is 0.0367. The van der Waals surface area contributed by atoms with E-state index in [1.807, 2.05) is 67.6 Å². The van der Waals surface area contributed by atoms with E-state index in [0.717, 1.165) is 29.5 Å². The van der Waals surface area contributed by atoms with Gasteiger partial charge in [0.2, 0.25) is 11.8 Å². The van der Waals surface area contributed by atoms with Crippen molar-refractivity contribution in [1.29, 1.82) is 0 Å². The van der Waals surface area contributed by atoms with Crippen LogP contribution in [0, 0.1) is 6.92 Å². The van der Waals surface area contributed by atoms with Gasteiger partial charge in [-0.1, -0.05) is 78.4 Å².